The number of allylic oxidation sites excluding steroid dienone is 1. The van der Waals surface area contributed by atoms with Gasteiger partial charge in [-0.2, -0.15) is 0 Å². The van der Waals surface area contributed by atoms with Crippen LogP contribution in [0.5, 0.6) is 0 Å². The summed E-state index contributed by atoms with van der Waals surface area (Å²) >= 11 is 0. The summed E-state index contributed by atoms with van der Waals surface area (Å²) < 4.78 is 5.88. The van der Waals surface area contributed by atoms with E-state index in [0.29, 0.717) is 30.0 Å². The highest BCUT2D eigenvalue weighted by Gasteiger charge is 2.58. The number of unbranched alkanes of at least 4 members (excludes halogenated alkanes) is 3. The predicted octanol–water partition coefficient (Wildman–Crippen LogP) is 6.40. The van der Waals surface area contributed by atoms with Crippen LogP contribution in [0.25, 0.3) is 0 Å². The number of carbonyl (C=O) groups excluding carboxylic acids is 2. The zero-order chi connectivity index (χ0) is 20.6. The van der Waals surface area contributed by atoms with Crippen molar-refractivity contribution in [3.63, 3.8) is 0 Å². The standard InChI is InChI=1S/C26H40O3/c1-4-5-6-7-8-24(28)29-19-13-15-25(2)18(17-19)9-10-20-21-11-12-23(27)26(21,3)16-14-22(20)25/h9,19-22H,4-8,10-17H2,1-3H3/t19-,20+,21+,22+,25-,26-/m0/s1. The quantitative estimate of drug-likeness (QED) is 0.294. The average Bonchev–Trinajstić information content (AvgIpc) is 3.00. The van der Waals surface area contributed by atoms with E-state index < -0.39 is 0 Å². The summed E-state index contributed by atoms with van der Waals surface area (Å²) in [6, 6.07) is 0. The molecule has 0 aliphatic heterocycles. The number of fused-ring (bicyclic) bond motifs is 5. The summed E-state index contributed by atoms with van der Waals surface area (Å²) in [6.07, 6.45) is 16.0. The average molecular weight is 401 g/mol. The highest BCUT2D eigenvalue weighted by atomic mass is 16.5. The van der Waals surface area contributed by atoms with Crippen LogP contribution in [0.3, 0.4) is 0 Å². The summed E-state index contributed by atoms with van der Waals surface area (Å²) in [6.45, 7) is 6.91. The first-order valence-electron chi connectivity index (χ1n) is 12.3. The fraction of sp³-hybridized carbons (Fsp3) is 0.846. The molecule has 0 unspecified atom stereocenters. The molecule has 4 aliphatic rings. The Labute approximate surface area is 177 Å². The van der Waals surface area contributed by atoms with Gasteiger partial charge in [0.2, 0.25) is 0 Å². The fourth-order valence-electron chi connectivity index (χ4n) is 7.44. The molecule has 0 aromatic carbocycles. The zero-order valence-corrected chi connectivity index (χ0v) is 18.8. The van der Waals surface area contributed by atoms with Gasteiger partial charge in [0.15, 0.2) is 0 Å². The van der Waals surface area contributed by atoms with Gasteiger partial charge in [0.1, 0.15) is 11.9 Å². The SMILES string of the molecule is CCCCCCC(=O)O[C@H]1CC[C@@]2(C)C(=CC[C@H]3[C@H]2CC[C@]2(C)C(=O)CC[C@H]32)C1. The molecule has 4 rings (SSSR count). The number of rotatable bonds is 6. The Kier molecular flexibility index (Phi) is 5.97. The smallest absolute Gasteiger partial charge is 0.306 e. The van der Waals surface area contributed by atoms with Crippen LogP contribution < -0.4 is 0 Å². The Bertz CT molecular complexity index is 679. The third kappa shape index (κ3) is 3.72. The van der Waals surface area contributed by atoms with E-state index in [2.05, 4.69) is 26.8 Å². The highest BCUT2D eigenvalue weighted by molar-refractivity contribution is 5.87. The Morgan fingerprint density at radius 3 is 2.62 bits per heavy atom. The molecule has 0 saturated heterocycles. The number of esters is 1. The van der Waals surface area contributed by atoms with E-state index >= 15 is 0 Å². The number of ketones is 1. The maximum absolute atomic E-state index is 12.6. The summed E-state index contributed by atoms with van der Waals surface area (Å²) in [7, 11) is 0. The van der Waals surface area contributed by atoms with E-state index in [-0.39, 0.29) is 22.9 Å². The van der Waals surface area contributed by atoms with Crippen LogP contribution in [-0.2, 0) is 14.3 Å². The van der Waals surface area contributed by atoms with E-state index in [9.17, 15) is 9.59 Å². The third-order valence-corrected chi connectivity index (χ3v) is 9.30. The van der Waals surface area contributed by atoms with Crippen LogP contribution in [0, 0.1) is 28.6 Å². The predicted molar refractivity (Wildman–Crippen MR) is 115 cm³/mol. The van der Waals surface area contributed by atoms with E-state index in [1.807, 2.05) is 0 Å². The van der Waals surface area contributed by atoms with Crippen LogP contribution >= 0.6 is 0 Å². The normalized spacial score (nSPS) is 41.2. The largest absolute Gasteiger partial charge is 0.462 e. The molecule has 0 amide bonds. The first kappa shape index (κ1) is 21.1. The Balaban J connectivity index is 1.39. The first-order valence-corrected chi connectivity index (χ1v) is 12.3. The zero-order valence-electron chi connectivity index (χ0n) is 18.8. The minimum atomic E-state index is -0.0482. The van der Waals surface area contributed by atoms with Gasteiger partial charge in [-0.25, -0.2) is 0 Å². The van der Waals surface area contributed by atoms with Crippen LogP contribution in [0.2, 0.25) is 0 Å². The number of carbonyl (C=O) groups is 2. The molecule has 3 heteroatoms. The summed E-state index contributed by atoms with van der Waals surface area (Å²) in [5.74, 6) is 2.49. The van der Waals surface area contributed by atoms with Gasteiger partial charge < -0.3 is 4.74 Å². The molecule has 0 N–H and O–H groups in total. The van der Waals surface area contributed by atoms with Gasteiger partial charge in [0.25, 0.3) is 0 Å². The van der Waals surface area contributed by atoms with Gasteiger partial charge in [-0.3, -0.25) is 9.59 Å². The van der Waals surface area contributed by atoms with Crippen molar-refractivity contribution in [3.8, 4) is 0 Å². The highest BCUT2D eigenvalue weighted by Crippen LogP contribution is 2.64. The van der Waals surface area contributed by atoms with Crippen LogP contribution in [0.15, 0.2) is 11.6 Å². The number of hydrogen-bond acceptors (Lipinski definition) is 3. The molecule has 0 radical (unpaired) electrons. The molecule has 0 aromatic rings. The second-order valence-corrected chi connectivity index (χ2v) is 10.8. The minimum Gasteiger partial charge on any atom is -0.462 e. The number of Topliss-reactive ketones (excluding diaryl/α,β-unsaturated/α-hetero) is 1. The van der Waals surface area contributed by atoms with E-state index in [1.54, 1.807) is 5.57 Å². The van der Waals surface area contributed by atoms with Crippen molar-refractivity contribution in [1.82, 2.24) is 0 Å². The molecule has 3 nitrogen and oxygen atoms in total. The first-order chi connectivity index (χ1) is 13.9. The molecule has 0 bridgehead atoms. The van der Waals surface area contributed by atoms with E-state index in [0.717, 1.165) is 57.8 Å². The molecule has 0 spiro atoms. The van der Waals surface area contributed by atoms with Crippen molar-refractivity contribution in [3.05, 3.63) is 11.6 Å². The summed E-state index contributed by atoms with van der Waals surface area (Å²) in [5.41, 5.74) is 1.74. The molecule has 6 atom stereocenters. The Morgan fingerprint density at radius 2 is 1.83 bits per heavy atom. The third-order valence-electron chi connectivity index (χ3n) is 9.30. The maximum Gasteiger partial charge on any atom is 0.306 e. The monoisotopic (exact) mass is 400 g/mol. The number of ether oxygens (including phenoxy) is 1. The van der Waals surface area contributed by atoms with Crippen molar-refractivity contribution in [2.75, 3.05) is 0 Å². The van der Waals surface area contributed by atoms with Crippen molar-refractivity contribution in [2.24, 2.45) is 28.6 Å². The van der Waals surface area contributed by atoms with Crippen molar-refractivity contribution >= 4 is 11.8 Å². The lowest BCUT2D eigenvalue weighted by molar-refractivity contribution is -0.151. The van der Waals surface area contributed by atoms with E-state index in [1.165, 1.54) is 19.3 Å². The number of hydrogen-bond donors (Lipinski definition) is 0. The Morgan fingerprint density at radius 1 is 1.07 bits per heavy atom. The molecule has 3 fully saturated rings. The summed E-state index contributed by atoms with van der Waals surface area (Å²) in [4.78, 5) is 24.8. The van der Waals surface area contributed by atoms with Gasteiger partial charge in [0.05, 0.1) is 0 Å². The van der Waals surface area contributed by atoms with Gasteiger partial charge in [-0.15, -0.1) is 0 Å². The lowest BCUT2D eigenvalue weighted by Crippen LogP contribution is -2.50. The second kappa shape index (κ2) is 8.19. The molecule has 162 valence electrons. The molecule has 29 heavy (non-hydrogen) atoms. The molecule has 4 aliphatic carbocycles. The molecular weight excluding hydrogens is 360 g/mol. The van der Waals surface area contributed by atoms with Crippen molar-refractivity contribution < 1.29 is 14.3 Å². The Hall–Kier alpha value is -1.12. The topological polar surface area (TPSA) is 43.4 Å². The van der Waals surface area contributed by atoms with E-state index in [4.69, 9.17) is 4.74 Å². The molecule has 0 heterocycles. The van der Waals surface area contributed by atoms with Crippen molar-refractivity contribution in [1.29, 1.82) is 0 Å². The second-order valence-electron chi connectivity index (χ2n) is 10.8. The van der Waals surface area contributed by atoms with Crippen molar-refractivity contribution in [2.45, 2.75) is 110 Å². The maximum atomic E-state index is 12.6. The van der Waals surface area contributed by atoms with Crippen LogP contribution in [0.1, 0.15) is 104 Å². The molecule has 3 saturated carbocycles. The fourth-order valence-corrected chi connectivity index (χ4v) is 7.44. The van der Waals surface area contributed by atoms with Gasteiger partial charge >= 0.3 is 5.97 Å². The lowest BCUT2D eigenvalue weighted by Gasteiger charge is -2.56. The minimum absolute atomic E-state index is 0.00175. The summed E-state index contributed by atoms with van der Waals surface area (Å²) in [5, 5.41) is 0. The van der Waals surface area contributed by atoms with Gasteiger partial charge in [0, 0.05) is 24.7 Å². The van der Waals surface area contributed by atoms with Gasteiger partial charge in [-0.1, -0.05) is 51.7 Å². The lowest BCUT2D eigenvalue weighted by atomic mass is 9.48. The van der Waals surface area contributed by atoms with Crippen LogP contribution in [0.4, 0.5) is 0 Å². The molecular formula is C26H40O3. The molecule has 0 aromatic heterocycles. The van der Waals surface area contributed by atoms with Gasteiger partial charge in [-0.05, 0) is 68.1 Å². The van der Waals surface area contributed by atoms with Crippen LogP contribution in [-0.4, -0.2) is 17.9 Å².